The summed E-state index contributed by atoms with van der Waals surface area (Å²) >= 11 is 1.59. The molecule has 0 saturated carbocycles. The van der Waals surface area contributed by atoms with Crippen molar-refractivity contribution in [2.45, 2.75) is 12.3 Å². The lowest BCUT2D eigenvalue weighted by molar-refractivity contribution is -0.387. The van der Waals surface area contributed by atoms with E-state index in [9.17, 15) is 19.3 Å². The van der Waals surface area contributed by atoms with Gasteiger partial charge in [-0.3, -0.25) is 14.9 Å². The number of anilines is 1. The van der Waals surface area contributed by atoms with Gasteiger partial charge in [-0.1, -0.05) is 12.1 Å². The minimum Gasteiger partial charge on any atom is -0.324 e. The summed E-state index contributed by atoms with van der Waals surface area (Å²) in [4.78, 5) is 26.9. The lowest BCUT2D eigenvalue weighted by atomic mass is 10.2. The van der Waals surface area contributed by atoms with Crippen molar-refractivity contribution in [1.29, 1.82) is 0 Å². The highest BCUT2D eigenvalue weighted by Gasteiger charge is 2.17. The van der Waals surface area contributed by atoms with Crippen LogP contribution in [0.1, 0.15) is 5.82 Å². The van der Waals surface area contributed by atoms with Crippen LogP contribution in [0.3, 0.4) is 0 Å². The first-order valence-electron chi connectivity index (χ1n) is 7.66. The van der Waals surface area contributed by atoms with Crippen molar-refractivity contribution >= 4 is 40.1 Å². The largest absolute Gasteiger partial charge is 0.324 e. The Kier molecular flexibility index (Phi) is 5.17. The Labute approximate surface area is 152 Å². The molecule has 0 aliphatic rings. The van der Waals surface area contributed by atoms with Crippen molar-refractivity contribution in [3.8, 4) is 0 Å². The van der Waals surface area contributed by atoms with Gasteiger partial charge in [-0.25, -0.2) is 4.98 Å². The van der Waals surface area contributed by atoms with Crippen molar-refractivity contribution in [3.05, 3.63) is 64.2 Å². The Morgan fingerprint density at radius 1 is 1.35 bits per heavy atom. The smallest absolute Gasteiger partial charge is 0.306 e. The molecule has 134 valence electrons. The number of rotatable bonds is 6. The normalized spacial score (nSPS) is 10.8. The maximum Gasteiger partial charge on any atom is 0.306 e. The molecule has 0 spiro atoms. The molecule has 0 atom stereocenters. The number of para-hydroxylation sites is 2. The minimum atomic E-state index is -0.948. The summed E-state index contributed by atoms with van der Waals surface area (Å²) in [5, 5.41) is 13.4. The fraction of sp³-hybridized carbons (Fsp3) is 0.176. The third-order valence-electron chi connectivity index (χ3n) is 3.74. The van der Waals surface area contributed by atoms with E-state index in [1.54, 1.807) is 16.3 Å². The molecular formula is C17H15FN4O3S. The van der Waals surface area contributed by atoms with Gasteiger partial charge in [-0.2, -0.15) is 16.2 Å². The summed E-state index contributed by atoms with van der Waals surface area (Å²) < 4.78 is 15.2. The van der Waals surface area contributed by atoms with E-state index in [-0.39, 0.29) is 18.1 Å². The molecule has 9 heteroatoms. The van der Waals surface area contributed by atoms with Crippen LogP contribution in [0, 0.1) is 15.9 Å². The number of amides is 1. The predicted octanol–water partition coefficient (Wildman–Crippen LogP) is 3.59. The monoisotopic (exact) mass is 374 g/mol. The first-order valence-corrected chi connectivity index (χ1v) is 9.06. The van der Waals surface area contributed by atoms with Crippen molar-refractivity contribution in [1.82, 2.24) is 9.55 Å². The van der Waals surface area contributed by atoms with Gasteiger partial charge in [0.2, 0.25) is 11.7 Å². The van der Waals surface area contributed by atoms with Crippen LogP contribution < -0.4 is 5.32 Å². The SMILES string of the molecule is CSCc1nc2ccccc2n1CC(=O)Nc1ccc(F)c([N+](=O)[O-])c1. The first kappa shape index (κ1) is 17.9. The van der Waals surface area contributed by atoms with Gasteiger partial charge in [0, 0.05) is 11.8 Å². The van der Waals surface area contributed by atoms with E-state index in [0.717, 1.165) is 29.0 Å². The van der Waals surface area contributed by atoms with Crippen molar-refractivity contribution in [2.24, 2.45) is 0 Å². The van der Waals surface area contributed by atoms with E-state index in [1.807, 2.05) is 30.5 Å². The summed E-state index contributed by atoms with van der Waals surface area (Å²) in [6.07, 6.45) is 1.95. The number of hydrogen-bond donors (Lipinski definition) is 1. The van der Waals surface area contributed by atoms with E-state index in [2.05, 4.69) is 10.3 Å². The van der Waals surface area contributed by atoms with Crippen LogP contribution >= 0.6 is 11.8 Å². The van der Waals surface area contributed by atoms with Gasteiger partial charge in [-0.15, -0.1) is 0 Å². The molecule has 0 unspecified atom stereocenters. The molecule has 26 heavy (non-hydrogen) atoms. The number of fused-ring (bicyclic) bond motifs is 1. The summed E-state index contributed by atoms with van der Waals surface area (Å²) in [6.45, 7) is 0.00157. The van der Waals surface area contributed by atoms with Gasteiger partial charge in [0.15, 0.2) is 0 Å². The van der Waals surface area contributed by atoms with E-state index in [0.29, 0.717) is 5.75 Å². The molecule has 3 aromatic rings. The molecule has 0 bridgehead atoms. The van der Waals surface area contributed by atoms with E-state index in [1.165, 1.54) is 6.07 Å². The number of carbonyl (C=O) groups excluding carboxylic acids is 1. The zero-order valence-electron chi connectivity index (χ0n) is 13.8. The van der Waals surface area contributed by atoms with Crippen LogP contribution in [-0.4, -0.2) is 26.6 Å². The minimum absolute atomic E-state index is 0.00157. The molecule has 1 heterocycles. The second-order valence-electron chi connectivity index (χ2n) is 5.51. The Morgan fingerprint density at radius 3 is 2.85 bits per heavy atom. The highest BCUT2D eigenvalue weighted by molar-refractivity contribution is 7.97. The number of aromatic nitrogens is 2. The summed E-state index contributed by atoms with van der Waals surface area (Å²) in [6, 6.07) is 10.7. The van der Waals surface area contributed by atoms with Crippen LogP contribution in [0.15, 0.2) is 42.5 Å². The Balaban J connectivity index is 1.84. The summed E-state index contributed by atoms with van der Waals surface area (Å²) in [5.74, 6) is 0.0791. The van der Waals surface area contributed by atoms with Crippen molar-refractivity contribution < 1.29 is 14.1 Å². The number of benzene rings is 2. The first-order chi connectivity index (χ1) is 12.5. The second-order valence-corrected chi connectivity index (χ2v) is 6.37. The Bertz CT molecular complexity index is 989. The molecule has 0 radical (unpaired) electrons. The van der Waals surface area contributed by atoms with E-state index < -0.39 is 16.4 Å². The molecule has 0 fully saturated rings. The molecule has 1 amide bonds. The molecule has 2 aromatic carbocycles. The summed E-state index contributed by atoms with van der Waals surface area (Å²) in [7, 11) is 0. The van der Waals surface area contributed by atoms with Gasteiger partial charge in [-0.05, 0) is 30.5 Å². The number of thioether (sulfide) groups is 1. The number of imidazole rings is 1. The zero-order chi connectivity index (χ0) is 18.7. The standard InChI is InChI=1S/C17H15FN4O3S/c1-26-10-16-20-13-4-2-3-5-14(13)21(16)9-17(23)19-11-6-7-12(18)15(8-11)22(24)25/h2-8H,9-10H2,1H3,(H,19,23). The van der Waals surface area contributed by atoms with Gasteiger partial charge in [0.1, 0.15) is 12.4 Å². The molecule has 0 saturated heterocycles. The number of nitrogens with one attached hydrogen (secondary N) is 1. The molecule has 3 rings (SSSR count). The zero-order valence-corrected chi connectivity index (χ0v) is 14.6. The van der Waals surface area contributed by atoms with Gasteiger partial charge < -0.3 is 9.88 Å². The summed E-state index contributed by atoms with van der Waals surface area (Å²) in [5.41, 5.74) is 1.11. The third kappa shape index (κ3) is 3.67. The number of hydrogen-bond acceptors (Lipinski definition) is 5. The van der Waals surface area contributed by atoms with E-state index >= 15 is 0 Å². The maximum atomic E-state index is 13.4. The molecular weight excluding hydrogens is 359 g/mol. The van der Waals surface area contributed by atoms with Crippen LogP contribution in [0.4, 0.5) is 15.8 Å². The average molecular weight is 374 g/mol. The maximum absolute atomic E-state index is 13.4. The molecule has 7 nitrogen and oxygen atoms in total. The van der Waals surface area contributed by atoms with Gasteiger partial charge in [0.05, 0.1) is 21.7 Å². The fourth-order valence-electron chi connectivity index (χ4n) is 2.62. The lowest BCUT2D eigenvalue weighted by Gasteiger charge is -2.10. The van der Waals surface area contributed by atoms with Gasteiger partial charge >= 0.3 is 5.69 Å². The predicted molar refractivity (Wildman–Crippen MR) is 98.6 cm³/mol. The third-order valence-corrected chi connectivity index (χ3v) is 4.28. The number of nitrogens with zero attached hydrogens (tertiary/aromatic N) is 3. The Hall–Kier alpha value is -2.94. The number of nitro benzene ring substituents is 1. The number of halogens is 1. The quantitative estimate of drug-likeness (QED) is 0.526. The van der Waals surface area contributed by atoms with Gasteiger partial charge in [0.25, 0.3) is 0 Å². The highest BCUT2D eigenvalue weighted by Crippen LogP contribution is 2.22. The number of nitro groups is 1. The molecule has 1 N–H and O–H groups in total. The Morgan fingerprint density at radius 2 is 2.12 bits per heavy atom. The van der Waals surface area contributed by atoms with Crippen molar-refractivity contribution in [2.75, 3.05) is 11.6 Å². The molecule has 0 aliphatic carbocycles. The van der Waals surface area contributed by atoms with Crippen LogP contribution in [-0.2, 0) is 17.1 Å². The number of carbonyl (C=O) groups is 1. The van der Waals surface area contributed by atoms with Crippen molar-refractivity contribution in [3.63, 3.8) is 0 Å². The molecule has 1 aromatic heterocycles. The van der Waals surface area contributed by atoms with Crippen LogP contribution in [0.2, 0.25) is 0 Å². The molecule has 0 aliphatic heterocycles. The van der Waals surface area contributed by atoms with Crippen LogP contribution in [0.5, 0.6) is 0 Å². The fourth-order valence-corrected chi connectivity index (χ4v) is 3.09. The lowest BCUT2D eigenvalue weighted by Crippen LogP contribution is -2.20. The topological polar surface area (TPSA) is 90.1 Å². The second kappa shape index (κ2) is 7.52. The van der Waals surface area contributed by atoms with E-state index in [4.69, 9.17) is 0 Å². The average Bonchev–Trinajstić information content (AvgIpc) is 2.94. The van der Waals surface area contributed by atoms with Crippen LogP contribution in [0.25, 0.3) is 11.0 Å². The highest BCUT2D eigenvalue weighted by atomic mass is 32.2.